The van der Waals surface area contributed by atoms with Crippen LogP contribution in [-0.4, -0.2) is 41.5 Å². The van der Waals surface area contributed by atoms with Crippen molar-refractivity contribution in [2.45, 2.75) is 37.6 Å². The first-order valence-corrected chi connectivity index (χ1v) is 9.13. The van der Waals surface area contributed by atoms with E-state index < -0.39 is 5.92 Å². The van der Waals surface area contributed by atoms with Crippen molar-refractivity contribution in [3.8, 4) is 11.1 Å². The molecule has 0 aromatic carbocycles. The van der Waals surface area contributed by atoms with Crippen molar-refractivity contribution in [1.29, 1.82) is 0 Å². The van der Waals surface area contributed by atoms with Gasteiger partial charge in [0.25, 0.3) is 0 Å². The molecule has 1 aliphatic carbocycles. The maximum atomic E-state index is 13.3. The number of hydrogen-bond acceptors (Lipinski definition) is 6. The monoisotopic (exact) mass is 381 g/mol. The fraction of sp³-hybridized carbons (Fsp3) is 0.316. The Morgan fingerprint density at radius 3 is 2.71 bits per heavy atom. The highest BCUT2D eigenvalue weighted by molar-refractivity contribution is 5.84. The van der Waals surface area contributed by atoms with Crippen molar-refractivity contribution in [3.05, 3.63) is 43.1 Å². The molecule has 0 spiro atoms. The molecule has 0 saturated heterocycles. The van der Waals surface area contributed by atoms with Crippen LogP contribution in [0.15, 0.2) is 43.1 Å². The quantitative estimate of drug-likeness (QED) is 0.582. The van der Waals surface area contributed by atoms with Gasteiger partial charge in [-0.25, -0.2) is 28.2 Å². The number of pyridine rings is 1. The second-order valence-electron chi connectivity index (χ2n) is 7.04. The zero-order chi connectivity index (χ0) is 19.1. The van der Waals surface area contributed by atoms with Crippen molar-refractivity contribution in [2.75, 3.05) is 5.32 Å². The lowest BCUT2D eigenvalue weighted by Gasteiger charge is -2.28. The Bertz CT molecular complexity index is 1150. The first-order chi connectivity index (χ1) is 13.6. The van der Waals surface area contributed by atoms with E-state index >= 15 is 0 Å². The standard InChI is InChI=1S/C19H17F2N7/c20-19(21)4-1-13(2-5-19)26-18-25-11-16-14(3-8-28(16)27-18)12-9-15-17(24-10-12)23-7-6-22-15/h3,6-11,13H,1-2,4-5H2,(H,26,27). The first-order valence-electron chi connectivity index (χ1n) is 9.13. The summed E-state index contributed by atoms with van der Waals surface area (Å²) in [6.07, 6.45) is 9.19. The molecule has 4 heterocycles. The molecule has 28 heavy (non-hydrogen) atoms. The topological polar surface area (TPSA) is 80.9 Å². The highest BCUT2D eigenvalue weighted by Crippen LogP contribution is 2.34. The Morgan fingerprint density at radius 1 is 1.04 bits per heavy atom. The van der Waals surface area contributed by atoms with Gasteiger partial charge in [0.15, 0.2) is 5.65 Å². The molecule has 0 bridgehead atoms. The van der Waals surface area contributed by atoms with Crippen LogP contribution in [0.4, 0.5) is 14.7 Å². The third-order valence-electron chi connectivity index (χ3n) is 5.10. The molecule has 0 aliphatic heterocycles. The van der Waals surface area contributed by atoms with Crippen LogP contribution in [0.3, 0.4) is 0 Å². The summed E-state index contributed by atoms with van der Waals surface area (Å²) in [4.78, 5) is 17.2. The fourth-order valence-corrected chi connectivity index (χ4v) is 3.58. The Hall–Kier alpha value is -3.23. The number of hydrogen-bond donors (Lipinski definition) is 1. The minimum atomic E-state index is -2.55. The molecule has 0 atom stereocenters. The first kappa shape index (κ1) is 16.9. The summed E-state index contributed by atoms with van der Waals surface area (Å²) < 4.78 is 28.3. The predicted octanol–water partition coefficient (Wildman–Crippen LogP) is 3.72. The summed E-state index contributed by atoms with van der Waals surface area (Å²) in [6.45, 7) is 0. The number of fused-ring (bicyclic) bond motifs is 2. The van der Waals surface area contributed by atoms with Crippen molar-refractivity contribution in [1.82, 2.24) is 29.5 Å². The van der Waals surface area contributed by atoms with Crippen LogP contribution >= 0.6 is 0 Å². The van der Waals surface area contributed by atoms with Gasteiger partial charge in [0.2, 0.25) is 11.9 Å². The normalized spacial score (nSPS) is 17.2. The van der Waals surface area contributed by atoms with Crippen LogP contribution in [0.2, 0.25) is 0 Å². The number of anilines is 1. The van der Waals surface area contributed by atoms with Crippen LogP contribution in [0.25, 0.3) is 27.8 Å². The number of nitrogens with zero attached hydrogens (tertiary/aromatic N) is 6. The van der Waals surface area contributed by atoms with Crippen molar-refractivity contribution in [2.24, 2.45) is 0 Å². The van der Waals surface area contributed by atoms with Crippen LogP contribution in [0.5, 0.6) is 0 Å². The van der Waals surface area contributed by atoms with Gasteiger partial charge >= 0.3 is 0 Å². The molecule has 7 nitrogen and oxygen atoms in total. The van der Waals surface area contributed by atoms with Gasteiger partial charge in [0, 0.05) is 54.8 Å². The molecule has 9 heteroatoms. The second kappa shape index (κ2) is 6.43. The lowest BCUT2D eigenvalue weighted by molar-refractivity contribution is -0.0361. The Kier molecular flexibility index (Phi) is 3.88. The van der Waals surface area contributed by atoms with Gasteiger partial charge in [-0.1, -0.05) is 0 Å². The lowest BCUT2D eigenvalue weighted by atomic mass is 9.92. The number of nitrogens with one attached hydrogen (secondary N) is 1. The molecular weight excluding hydrogens is 364 g/mol. The maximum absolute atomic E-state index is 13.3. The molecule has 1 N–H and O–H groups in total. The minimum absolute atomic E-state index is 0.0321. The van der Waals surface area contributed by atoms with Crippen LogP contribution < -0.4 is 5.32 Å². The summed E-state index contributed by atoms with van der Waals surface area (Å²) in [6, 6.07) is 3.84. The van der Waals surface area contributed by atoms with Crippen LogP contribution in [0, 0.1) is 0 Å². The zero-order valence-corrected chi connectivity index (χ0v) is 14.9. The molecular formula is C19H17F2N7. The van der Waals surface area contributed by atoms with E-state index in [0.29, 0.717) is 30.0 Å². The second-order valence-corrected chi connectivity index (χ2v) is 7.04. The predicted molar refractivity (Wildman–Crippen MR) is 100 cm³/mol. The van der Waals surface area contributed by atoms with E-state index in [9.17, 15) is 8.78 Å². The van der Waals surface area contributed by atoms with Gasteiger partial charge in [-0.2, -0.15) is 0 Å². The van der Waals surface area contributed by atoms with E-state index in [1.54, 1.807) is 29.3 Å². The van der Waals surface area contributed by atoms with Crippen LogP contribution in [-0.2, 0) is 0 Å². The molecule has 1 saturated carbocycles. The zero-order valence-electron chi connectivity index (χ0n) is 14.9. The van der Waals surface area contributed by atoms with E-state index in [1.165, 1.54) is 0 Å². The maximum Gasteiger partial charge on any atom is 0.248 e. The highest BCUT2D eigenvalue weighted by atomic mass is 19.3. The van der Waals surface area contributed by atoms with Gasteiger partial charge in [0.1, 0.15) is 5.52 Å². The number of aromatic nitrogens is 6. The molecule has 1 fully saturated rings. The number of halogens is 2. The SMILES string of the molecule is FC1(F)CCC(Nc2ncc3c(-c4cnc5nccnc5c4)ccn3n2)CC1. The number of alkyl halides is 2. The van der Waals surface area contributed by atoms with Gasteiger partial charge < -0.3 is 5.32 Å². The third-order valence-corrected chi connectivity index (χ3v) is 5.10. The fourth-order valence-electron chi connectivity index (χ4n) is 3.58. The Balaban J connectivity index is 1.41. The van der Waals surface area contributed by atoms with E-state index in [-0.39, 0.29) is 18.9 Å². The van der Waals surface area contributed by atoms with E-state index in [0.717, 1.165) is 16.6 Å². The largest absolute Gasteiger partial charge is 0.350 e. The van der Waals surface area contributed by atoms with E-state index in [4.69, 9.17) is 0 Å². The molecule has 0 unspecified atom stereocenters. The molecule has 0 amide bonds. The molecule has 142 valence electrons. The summed E-state index contributed by atoms with van der Waals surface area (Å²) in [5.74, 6) is -2.11. The van der Waals surface area contributed by atoms with Gasteiger partial charge in [-0.05, 0) is 25.0 Å². The Morgan fingerprint density at radius 2 is 1.86 bits per heavy atom. The summed E-state index contributed by atoms with van der Waals surface area (Å²) in [7, 11) is 0. The van der Waals surface area contributed by atoms with E-state index in [2.05, 4.69) is 30.4 Å². The molecule has 5 rings (SSSR count). The Labute approximate surface area is 158 Å². The highest BCUT2D eigenvalue weighted by Gasteiger charge is 2.35. The average Bonchev–Trinajstić information content (AvgIpc) is 3.12. The van der Waals surface area contributed by atoms with Crippen molar-refractivity contribution < 1.29 is 8.78 Å². The van der Waals surface area contributed by atoms with Gasteiger partial charge in [-0.15, -0.1) is 5.10 Å². The summed E-state index contributed by atoms with van der Waals surface area (Å²) in [5.41, 5.74) is 3.97. The van der Waals surface area contributed by atoms with Crippen molar-refractivity contribution >= 4 is 22.6 Å². The third kappa shape index (κ3) is 3.12. The van der Waals surface area contributed by atoms with Crippen molar-refractivity contribution in [3.63, 3.8) is 0 Å². The summed E-state index contributed by atoms with van der Waals surface area (Å²) in [5, 5.41) is 7.65. The van der Waals surface area contributed by atoms with Crippen LogP contribution in [0.1, 0.15) is 25.7 Å². The lowest BCUT2D eigenvalue weighted by Crippen LogP contribution is -2.32. The van der Waals surface area contributed by atoms with Gasteiger partial charge in [0.05, 0.1) is 11.7 Å². The summed E-state index contributed by atoms with van der Waals surface area (Å²) >= 11 is 0. The molecule has 4 aromatic rings. The molecule has 1 aliphatic rings. The minimum Gasteiger partial charge on any atom is -0.350 e. The van der Waals surface area contributed by atoms with Gasteiger partial charge in [-0.3, -0.25) is 4.98 Å². The average molecular weight is 381 g/mol. The molecule has 4 aromatic heterocycles. The van der Waals surface area contributed by atoms with E-state index in [1.807, 2.05) is 18.3 Å². The molecule has 0 radical (unpaired) electrons. The smallest absolute Gasteiger partial charge is 0.248 e. The number of rotatable bonds is 3.